The first-order valence-electron chi connectivity index (χ1n) is 6.76. The average Bonchev–Trinajstić information content (AvgIpc) is 2.77. The minimum absolute atomic E-state index is 0.363. The number of pyridine rings is 1. The molecule has 20 heavy (non-hydrogen) atoms. The lowest BCUT2D eigenvalue weighted by atomic mass is 10.3. The number of halogens is 2. The van der Waals surface area contributed by atoms with Gasteiger partial charge in [0, 0.05) is 39.3 Å². The molecule has 1 fully saturated rings. The minimum Gasteiger partial charge on any atom is -0.340 e. The Balaban J connectivity index is 1.97. The molecule has 1 aliphatic rings. The Bertz CT molecular complexity index is 631. The molecule has 0 aromatic carbocycles. The maximum Gasteiger partial charge on any atom is 0.206 e. The summed E-state index contributed by atoms with van der Waals surface area (Å²) < 4.78 is 2.04. The highest BCUT2D eigenvalue weighted by Gasteiger charge is 2.21. The van der Waals surface area contributed by atoms with Crippen LogP contribution < -0.4 is 4.90 Å². The molecule has 3 heterocycles. The lowest BCUT2D eigenvalue weighted by Crippen LogP contribution is -2.47. The van der Waals surface area contributed by atoms with Crippen molar-refractivity contribution in [2.24, 2.45) is 7.05 Å². The fraction of sp³-hybridized carbons (Fsp3) is 0.538. The summed E-state index contributed by atoms with van der Waals surface area (Å²) in [5, 5.41) is 0.759. The number of rotatable bonds is 2. The number of aryl methyl sites for hydroxylation is 1. The van der Waals surface area contributed by atoms with Crippen molar-refractivity contribution < 1.29 is 0 Å². The molecule has 1 aliphatic heterocycles. The standard InChI is InChI=1S/C13H17Cl2N5/c1-3-19-4-6-20(7-5-19)13-17-11-9(18(13)2)8-10(14)16-12(11)15/h8H,3-7H2,1-2H3. The maximum absolute atomic E-state index is 6.13. The molecule has 0 N–H and O–H groups in total. The van der Waals surface area contributed by atoms with Gasteiger partial charge in [0.05, 0.1) is 5.52 Å². The van der Waals surface area contributed by atoms with E-state index in [1.165, 1.54) is 0 Å². The van der Waals surface area contributed by atoms with Crippen LogP contribution in [0, 0.1) is 0 Å². The zero-order valence-electron chi connectivity index (χ0n) is 11.6. The predicted molar refractivity (Wildman–Crippen MR) is 82.9 cm³/mol. The van der Waals surface area contributed by atoms with Crippen molar-refractivity contribution >= 4 is 40.2 Å². The second-order valence-corrected chi connectivity index (χ2v) is 5.74. The fourth-order valence-electron chi connectivity index (χ4n) is 2.65. The molecule has 5 nitrogen and oxygen atoms in total. The first kappa shape index (κ1) is 13.9. The van der Waals surface area contributed by atoms with Gasteiger partial charge in [-0.15, -0.1) is 0 Å². The number of fused-ring (bicyclic) bond motifs is 1. The smallest absolute Gasteiger partial charge is 0.206 e. The quantitative estimate of drug-likeness (QED) is 0.798. The second kappa shape index (κ2) is 5.39. The molecule has 0 bridgehead atoms. The van der Waals surface area contributed by atoms with Crippen LogP contribution in [0.2, 0.25) is 10.3 Å². The third-order valence-corrected chi connectivity index (χ3v) is 4.33. The third-order valence-electron chi connectivity index (χ3n) is 3.87. The lowest BCUT2D eigenvalue weighted by Gasteiger charge is -2.34. The molecule has 0 spiro atoms. The Morgan fingerprint density at radius 3 is 2.50 bits per heavy atom. The van der Waals surface area contributed by atoms with Gasteiger partial charge in [-0.3, -0.25) is 0 Å². The molecular weight excluding hydrogens is 297 g/mol. The number of likely N-dealkylation sites (N-methyl/N-ethyl adjacent to an activating group) is 1. The number of nitrogens with zero attached hydrogens (tertiary/aromatic N) is 5. The normalized spacial score (nSPS) is 17.1. The molecule has 0 amide bonds. The monoisotopic (exact) mass is 313 g/mol. The van der Waals surface area contributed by atoms with E-state index in [1.54, 1.807) is 0 Å². The number of hydrogen-bond donors (Lipinski definition) is 0. The van der Waals surface area contributed by atoms with E-state index in [4.69, 9.17) is 23.2 Å². The van der Waals surface area contributed by atoms with Crippen LogP contribution in [0.15, 0.2) is 6.07 Å². The highest BCUT2D eigenvalue weighted by molar-refractivity contribution is 6.36. The van der Waals surface area contributed by atoms with Gasteiger partial charge in [-0.2, -0.15) is 0 Å². The molecule has 0 aliphatic carbocycles. The SMILES string of the molecule is CCN1CCN(c2nc3c(Cl)nc(Cl)cc3n2C)CC1. The highest BCUT2D eigenvalue weighted by atomic mass is 35.5. The van der Waals surface area contributed by atoms with Crippen LogP contribution >= 0.6 is 23.2 Å². The maximum atomic E-state index is 6.13. The van der Waals surface area contributed by atoms with E-state index in [9.17, 15) is 0 Å². The van der Waals surface area contributed by atoms with E-state index in [0.717, 1.165) is 44.2 Å². The highest BCUT2D eigenvalue weighted by Crippen LogP contribution is 2.28. The minimum atomic E-state index is 0.363. The van der Waals surface area contributed by atoms with Crippen molar-refractivity contribution in [2.75, 3.05) is 37.6 Å². The molecule has 2 aromatic heterocycles. The summed E-state index contributed by atoms with van der Waals surface area (Å²) in [5.74, 6) is 0.932. The van der Waals surface area contributed by atoms with Crippen molar-refractivity contribution in [3.05, 3.63) is 16.4 Å². The Morgan fingerprint density at radius 2 is 1.85 bits per heavy atom. The van der Waals surface area contributed by atoms with Crippen LogP contribution in [0.1, 0.15) is 6.92 Å². The molecule has 3 rings (SSSR count). The van der Waals surface area contributed by atoms with Gasteiger partial charge in [-0.1, -0.05) is 30.1 Å². The number of piperazine rings is 1. The number of imidazole rings is 1. The molecule has 2 aromatic rings. The summed E-state index contributed by atoms with van der Waals surface area (Å²) >= 11 is 12.1. The molecule has 0 saturated carbocycles. The Hall–Kier alpha value is -1.04. The number of anilines is 1. The van der Waals surface area contributed by atoms with Crippen molar-refractivity contribution in [3.63, 3.8) is 0 Å². The van der Waals surface area contributed by atoms with Crippen LogP contribution in [-0.2, 0) is 7.05 Å². The van der Waals surface area contributed by atoms with Gasteiger partial charge in [0.25, 0.3) is 0 Å². The van der Waals surface area contributed by atoms with Gasteiger partial charge in [0.2, 0.25) is 5.95 Å². The van der Waals surface area contributed by atoms with E-state index in [2.05, 4.69) is 26.7 Å². The Labute approximate surface area is 128 Å². The van der Waals surface area contributed by atoms with Gasteiger partial charge >= 0.3 is 0 Å². The van der Waals surface area contributed by atoms with Crippen molar-refractivity contribution in [3.8, 4) is 0 Å². The summed E-state index contributed by atoms with van der Waals surface area (Å²) in [5.41, 5.74) is 1.63. The van der Waals surface area contributed by atoms with Gasteiger partial charge < -0.3 is 14.4 Å². The van der Waals surface area contributed by atoms with Crippen molar-refractivity contribution in [1.82, 2.24) is 19.4 Å². The van der Waals surface area contributed by atoms with E-state index in [-0.39, 0.29) is 0 Å². The summed E-state index contributed by atoms with van der Waals surface area (Å²) in [6.07, 6.45) is 0. The summed E-state index contributed by atoms with van der Waals surface area (Å²) in [6, 6.07) is 1.81. The van der Waals surface area contributed by atoms with Gasteiger partial charge in [0.1, 0.15) is 10.7 Å². The van der Waals surface area contributed by atoms with Gasteiger partial charge in [-0.25, -0.2) is 9.97 Å². The topological polar surface area (TPSA) is 37.2 Å². The van der Waals surface area contributed by atoms with E-state index >= 15 is 0 Å². The Morgan fingerprint density at radius 1 is 1.15 bits per heavy atom. The van der Waals surface area contributed by atoms with Crippen LogP contribution in [0.4, 0.5) is 5.95 Å². The summed E-state index contributed by atoms with van der Waals surface area (Å²) in [6.45, 7) is 7.37. The zero-order chi connectivity index (χ0) is 14.3. The molecule has 108 valence electrons. The molecular formula is C13H17Cl2N5. The second-order valence-electron chi connectivity index (χ2n) is 5.00. The first-order valence-corrected chi connectivity index (χ1v) is 7.51. The number of hydrogen-bond acceptors (Lipinski definition) is 4. The van der Waals surface area contributed by atoms with Crippen LogP contribution in [0.3, 0.4) is 0 Å². The average molecular weight is 314 g/mol. The Kier molecular flexibility index (Phi) is 3.75. The van der Waals surface area contributed by atoms with Crippen LogP contribution in [0.5, 0.6) is 0 Å². The van der Waals surface area contributed by atoms with Crippen LogP contribution in [0.25, 0.3) is 11.0 Å². The lowest BCUT2D eigenvalue weighted by molar-refractivity contribution is 0.269. The van der Waals surface area contributed by atoms with Crippen molar-refractivity contribution in [2.45, 2.75) is 6.92 Å². The molecule has 0 radical (unpaired) electrons. The summed E-state index contributed by atoms with van der Waals surface area (Å²) in [7, 11) is 1.99. The predicted octanol–water partition coefficient (Wildman–Crippen LogP) is 2.42. The molecule has 0 atom stereocenters. The first-order chi connectivity index (χ1) is 9.60. The van der Waals surface area contributed by atoms with Gasteiger partial charge in [0.15, 0.2) is 5.15 Å². The van der Waals surface area contributed by atoms with E-state index in [0.29, 0.717) is 15.8 Å². The molecule has 7 heteroatoms. The molecule has 0 unspecified atom stereocenters. The summed E-state index contributed by atoms with van der Waals surface area (Å²) in [4.78, 5) is 13.4. The van der Waals surface area contributed by atoms with E-state index in [1.807, 2.05) is 17.7 Å². The third kappa shape index (κ3) is 2.34. The van der Waals surface area contributed by atoms with Crippen molar-refractivity contribution in [1.29, 1.82) is 0 Å². The molecule has 1 saturated heterocycles. The zero-order valence-corrected chi connectivity index (χ0v) is 13.1. The van der Waals surface area contributed by atoms with Crippen LogP contribution in [-0.4, -0.2) is 52.2 Å². The largest absolute Gasteiger partial charge is 0.340 e. The fourth-order valence-corrected chi connectivity index (χ4v) is 3.12. The van der Waals surface area contributed by atoms with E-state index < -0.39 is 0 Å². The van der Waals surface area contributed by atoms with Gasteiger partial charge in [-0.05, 0) is 6.54 Å². The number of aromatic nitrogens is 3.